The van der Waals surface area contributed by atoms with E-state index in [1.807, 2.05) is 13.0 Å². The third-order valence-electron chi connectivity index (χ3n) is 2.48. The normalized spacial score (nSPS) is 12.4. The van der Waals surface area contributed by atoms with E-state index in [1.165, 1.54) is 11.1 Å². The van der Waals surface area contributed by atoms with Crippen molar-refractivity contribution in [3.8, 4) is 0 Å². The Hall–Kier alpha value is 0.0903. The SMILES string of the molecule is Cc1cc2cn[n-]c2cc1CCC(F)I.[Ta]. The van der Waals surface area contributed by atoms with Gasteiger partial charge >= 0.3 is 0 Å². The van der Waals surface area contributed by atoms with Gasteiger partial charge in [0, 0.05) is 28.6 Å². The van der Waals surface area contributed by atoms with E-state index in [2.05, 4.69) is 16.3 Å². The van der Waals surface area contributed by atoms with Crippen LogP contribution < -0.4 is 5.10 Å². The van der Waals surface area contributed by atoms with Crippen LogP contribution in [0.1, 0.15) is 17.5 Å². The molecule has 0 spiro atoms. The molecular formula is C11H11FIN2Ta-. The minimum Gasteiger partial charge on any atom is -0.575 e. The molecule has 0 saturated carbocycles. The maximum atomic E-state index is 12.7. The van der Waals surface area contributed by atoms with Crippen LogP contribution in [0.2, 0.25) is 0 Å². The molecule has 5 heteroatoms. The molecule has 0 bridgehead atoms. The molecule has 0 fully saturated rings. The Morgan fingerprint density at radius 2 is 2.25 bits per heavy atom. The first kappa shape index (κ1) is 14.2. The summed E-state index contributed by atoms with van der Waals surface area (Å²) in [5.74, 6) is 0. The molecule has 2 nitrogen and oxygen atoms in total. The third kappa shape index (κ3) is 3.29. The van der Waals surface area contributed by atoms with Crippen LogP contribution in [0.25, 0.3) is 10.9 Å². The number of hydrogen-bond acceptors (Lipinski definition) is 1. The Bertz CT molecular complexity index is 470. The molecule has 0 N–H and O–H groups in total. The van der Waals surface area contributed by atoms with Crippen LogP contribution in [-0.2, 0) is 28.8 Å². The first-order valence-electron chi connectivity index (χ1n) is 4.82. The monoisotopic (exact) mass is 498 g/mol. The van der Waals surface area contributed by atoms with Crippen LogP contribution in [-0.4, -0.2) is 9.28 Å². The minimum absolute atomic E-state index is 0. The average molecular weight is 498 g/mol. The van der Waals surface area contributed by atoms with Gasteiger partial charge in [0.25, 0.3) is 0 Å². The summed E-state index contributed by atoms with van der Waals surface area (Å²) in [7, 11) is 0. The fourth-order valence-electron chi connectivity index (χ4n) is 1.64. The van der Waals surface area contributed by atoms with E-state index < -0.39 is 4.18 Å². The molecule has 1 aromatic heterocycles. The number of alkyl halides is 2. The Morgan fingerprint density at radius 3 is 2.94 bits per heavy atom. The smallest absolute Gasteiger partial charge is 0.151 e. The Balaban J connectivity index is 0.00000128. The van der Waals surface area contributed by atoms with Crippen LogP contribution in [0.4, 0.5) is 4.39 Å². The van der Waals surface area contributed by atoms with Crippen LogP contribution in [0.3, 0.4) is 0 Å². The molecule has 0 saturated heterocycles. The second kappa shape index (κ2) is 6.14. The molecule has 1 radical (unpaired) electrons. The molecule has 0 aliphatic heterocycles. The quantitative estimate of drug-likeness (QED) is 0.481. The van der Waals surface area contributed by atoms with Gasteiger partial charge in [-0.15, -0.1) is 5.52 Å². The Kier molecular flexibility index (Phi) is 5.43. The van der Waals surface area contributed by atoms with Gasteiger partial charge in [0.1, 0.15) is 0 Å². The topological polar surface area (TPSA) is 27.0 Å². The summed E-state index contributed by atoms with van der Waals surface area (Å²) in [5, 5.41) is 8.91. The van der Waals surface area contributed by atoms with E-state index >= 15 is 0 Å². The van der Waals surface area contributed by atoms with Crippen LogP contribution in [0, 0.1) is 6.92 Å². The molecule has 1 atom stereocenters. The van der Waals surface area contributed by atoms with E-state index in [9.17, 15) is 4.39 Å². The molecule has 2 aromatic rings. The largest absolute Gasteiger partial charge is 0.575 e. The van der Waals surface area contributed by atoms with Crippen molar-refractivity contribution in [3.63, 3.8) is 0 Å². The van der Waals surface area contributed by atoms with Crippen LogP contribution >= 0.6 is 22.6 Å². The molecular weight excluding hydrogens is 487 g/mol. The van der Waals surface area contributed by atoms with Crippen molar-refractivity contribution in [1.29, 1.82) is 0 Å². The summed E-state index contributed by atoms with van der Waals surface area (Å²) < 4.78 is 12.0. The fraction of sp³-hybridized carbons (Fsp3) is 0.364. The zero-order chi connectivity index (χ0) is 10.8. The predicted molar refractivity (Wildman–Crippen MR) is 67.0 cm³/mol. The summed E-state index contributed by atoms with van der Waals surface area (Å²) in [6.07, 6.45) is 3.07. The zero-order valence-corrected chi connectivity index (χ0v) is 14.2. The van der Waals surface area contributed by atoms with Crippen molar-refractivity contribution >= 4 is 33.5 Å². The first-order valence-corrected chi connectivity index (χ1v) is 6.07. The number of halogens is 2. The van der Waals surface area contributed by atoms with Gasteiger partial charge in [0.2, 0.25) is 0 Å². The van der Waals surface area contributed by atoms with Crippen molar-refractivity contribution in [2.24, 2.45) is 0 Å². The Labute approximate surface area is 123 Å². The van der Waals surface area contributed by atoms with Crippen molar-refractivity contribution in [2.75, 3.05) is 0 Å². The fourth-order valence-corrected chi connectivity index (χ4v) is 1.95. The van der Waals surface area contributed by atoms with Crippen LogP contribution in [0.5, 0.6) is 0 Å². The van der Waals surface area contributed by atoms with E-state index in [0.29, 0.717) is 6.42 Å². The van der Waals surface area contributed by atoms with E-state index in [0.717, 1.165) is 17.3 Å². The minimum atomic E-state index is -0.775. The second-order valence-corrected chi connectivity index (χ2v) is 4.96. The first-order chi connectivity index (χ1) is 7.16. The van der Waals surface area contributed by atoms with Gasteiger partial charge in [0.15, 0.2) is 4.18 Å². The Morgan fingerprint density at radius 1 is 1.50 bits per heavy atom. The van der Waals surface area contributed by atoms with Gasteiger partial charge in [-0.3, -0.25) is 0 Å². The summed E-state index contributed by atoms with van der Waals surface area (Å²) in [6, 6.07) is 4.07. The van der Waals surface area contributed by atoms with Gasteiger partial charge in [-0.1, -0.05) is 12.1 Å². The van der Waals surface area contributed by atoms with E-state index in [-0.39, 0.29) is 22.4 Å². The molecule has 2 rings (SSSR count). The van der Waals surface area contributed by atoms with Gasteiger partial charge in [-0.25, -0.2) is 4.39 Å². The molecule has 85 valence electrons. The van der Waals surface area contributed by atoms with Crippen molar-refractivity contribution < 1.29 is 26.8 Å². The number of fused-ring (bicyclic) bond motifs is 1. The third-order valence-corrected chi connectivity index (χ3v) is 3.10. The summed E-state index contributed by atoms with van der Waals surface area (Å²) in [4.78, 5) is 0. The van der Waals surface area contributed by atoms with Crippen molar-refractivity contribution in [1.82, 2.24) is 10.2 Å². The number of nitrogens with zero attached hydrogens (tertiary/aromatic N) is 2. The molecule has 1 unspecified atom stereocenters. The molecule has 1 aromatic carbocycles. The molecule has 16 heavy (non-hydrogen) atoms. The van der Waals surface area contributed by atoms with Gasteiger partial charge in [0.05, 0.1) is 0 Å². The maximum absolute atomic E-state index is 12.7. The molecule has 0 amide bonds. The number of rotatable bonds is 3. The van der Waals surface area contributed by atoms with Gasteiger partial charge < -0.3 is 10.2 Å². The molecule has 0 aliphatic carbocycles. The number of aryl methyl sites for hydroxylation is 2. The predicted octanol–water partition coefficient (Wildman–Crippen LogP) is 3.16. The standard InChI is InChI=1S/C11H11FIN2.Ta/c1-7-4-9-6-14-15-10(9)5-8(7)2-3-11(12)13;/h4-6,11H,2-3H2,1H3;/q-1;. The number of hydrogen-bond donors (Lipinski definition) is 0. The van der Waals surface area contributed by atoms with Crippen molar-refractivity contribution in [3.05, 3.63) is 29.5 Å². The van der Waals surface area contributed by atoms with Crippen molar-refractivity contribution in [2.45, 2.75) is 23.9 Å². The van der Waals surface area contributed by atoms with Crippen LogP contribution in [0.15, 0.2) is 18.3 Å². The van der Waals surface area contributed by atoms with E-state index in [1.54, 1.807) is 28.8 Å². The zero-order valence-electron chi connectivity index (χ0n) is 8.82. The average Bonchev–Trinajstić information content (AvgIpc) is 2.60. The second-order valence-electron chi connectivity index (χ2n) is 3.61. The van der Waals surface area contributed by atoms with Gasteiger partial charge in [-0.05, 0) is 58.9 Å². The molecule has 0 aliphatic rings. The summed E-state index contributed by atoms with van der Waals surface area (Å²) in [6.45, 7) is 2.04. The number of benzene rings is 1. The maximum Gasteiger partial charge on any atom is 0.151 e. The molecule has 1 heterocycles. The number of aromatic nitrogens is 2. The summed E-state index contributed by atoms with van der Waals surface area (Å²) >= 11 is 1.80. The van der Waals surface area contributed by atoms with E-state index in [4.69, 9.17) is 0 Å². The van der Waals surface area contributed by atoms with Gasteiger partial charge in [-0.2, -0.15) is 0 Å². The summed E-state index contributed by atoms with van der Waals surface area (Å²) in [5.41, 5.74) is 3.26.